The summed E-state index contributed by atoms with van der Waals surface area (Å²) in [6.45, 7) is 1.91. The van der Waals surface area contributed by atoms with E-state index in [1.807, 2.05) is 12.1 Å². The van der Waals surface area contributed by atoms with Gasteiger partial charge in [0.15, 0.2) is 9.84 Å². The minimum absolute atomic E-state index is 0.0237. The second-order valence-electron chi connectivity index (χ2n) is 8.20. The summed E-state index contributed by atoms with van der Waals surface area (Å²) in [4.78, 5) is 27.9. The van der Waals surface area contributed by atoms with Crippen molar-refractivity contribution in [3.8, 4) is 0 Å². The normalized spacial score (nSPS) is 22.6. The van der Waals surface area contributed by atoms with Crippen LogP contribution in [-0.4, -0.2) is 62.7 Å². The van der Waals surface area contributed by atoms with Gasteiger partial charge in [-0.25, -0.2) is 13.2 Å². The van der Waals surface area contributed by atoms with Crippen LogP contribution < -0.4 is 10.6 Å². The molecular formula is C21H24ClN3O5S2. The molecule has 11 heteroatoms. The minimum Gasteiger partial charge on any atom is -0.421 e. The molecule has 2 amide bonds. The molecular weight excluding hydrogens is 474 g/mol. The number of hydrogen-bond donors (Lipinski definition) is 2. The number of sulfone groups is 1. The summed E-state index contributed by atoms with van der Waals surface area (Å²) in [5, 5.41) is 5.28. The molecule has 0 spiro atoms. The van der Waals surface area contributed by atoms with E-state index in [4.69, 9.17) is 16.3 Å². The summed E-state index contributed by atoms with van der Waals surface area (Å²) in [7, 11) is -1.38. The van der Waals surface area contributed by atoms with Crippen LogP contribution in [-0.2, 0) is 27.4 Å². The van der Waals surface area contributed by atoms with Crippen LogP contribution in [0.3, 0.4) is 0 Å². The number of carbonyl (C=O) groups is 2. The van der Waals surface area contributed by atoms with Crippen LogP contribution in [0.25, 0.3) is 0 Å². The molecule has 0 bridgehead atoms. The standard InChI is InChI=1S/C21H24ClN3O5S2/c1-25-9-6-14-2-3-16(12-15(14)7-10-25)23-20(27)30-21(8-11-32(28,29)13-21)24-19(26)17-4-5-18(22)31-17/h2-5,12H,6-11,13H2,1H3,(H,23,27)(H,24,26). The first kappa shape index (κ1) is 23.0. The maximum atomic E-state index is 12.7. The Hall–Kier alpha value is -2.14. The van der Waals surface area contributed by atoms with Crippen molar-refractivity contribution in [2.24, 2.45) is 0 Å². The Balaban J connectivity index is 1.48. The molecule has 2 aliphatic heterocycles. The highest BCUT2D eigenvalue weighted by Crippen LogP contribution is 2.28. The van der Waals surface area contributed by atoms with Crippen molar-refractivity contribution in [3.05, 3.63) is 50.7 Å². The Labute approximate surface area is 195 Å². The molecule has 172 valence electrons. The van der Waals surface area contributed by atoms with Gasteiger partial charge in [0.05, 0.1) is 15.0 Å². The number of rotatable bonds is 4. The van der Waals surface area contributed by atoms with E-state index < -0.39 is 33.3 Å². The van der Waals surface area contributed by atoms with E-state index in [1.54, 1.807) is 12.1 Å². The number of ether oxygens (including phenoxy) is 1. The third-order valence-electron chi connectivity index (χ3n) is 5.67. The summed E-state index contributed by atoms with van der Waals surface area (Å²) in [5.41, 5.74) is 1.33. The van der Waals surface area contributed by atoms with Gasteiger partial charge in [-0.15, -0.1) is 11.3 Å². The van der Waals surface area contributed by atoms with Gasteiger partial charge in [0.1, 0.15) is 5.75 Å². The Morgan fingerprint density at radius 2 is 1.91 bits per heavy atom. The van der Waals surface area contributed by atoms with Crippen molar-refractivity contribution in [2.45, 2.75) is 25.0 Å². The Morgan fingerprint density at radius 3 is 2.56 bits per heavy atom. The van der Waals surface area contributed by atoms with E-state index in [-0.39, 0.29) is 12.2 Å². The molecule has 2 aromatic rings. The molecule has 2 aliphatic rings. The lowest BCUT2D eigenvalue weighted by atomic mass is 10.0. The monoisotopic (exact) mass is 497 g/mol. The van der Waals surface area contributed by atoms with E-state index in [0.29, 0.717) is 14.9 Å². The Morgan fingerprint density at radius 1 is 1.16 bits per heavy atom. The van der Waals surface area contributed by atoms with E-state index in [1.165, 1.54) is 11.6 Å². The van der Waals surface area contributed by atoms with Gasteiger partial charge in [-0.2, -0.15) is 0 Å². The van der Waals surface area contributed by atoms with Crippen LogP contribution >= 0.6 is 22.9 Å². The highest BCUT2D eigenvalue weighted by Gasteiger charge is 2.47. The maximum absolute atomic E-state index is 12.7. The Kier molecular flexibility index (Phi) is 6.49. The van der Waals surface area contributed by atoms with Crippen LogP contribution in [0, 0.1) is 0 Å². The van der Waals surface area contributed by atoms with Gasteiger partial charge in [-0.05, 0) is 55.3 Å². The third kappa shape index (κ3) is 5.43. The van der Waals surface area contributed by atoms with E-state index in [0.717, 1.165) is 42.8 Å². The second-order valence-corrected chi connectivity index (χ2v) is 12.1. The van der Waals surface area contributed by atoms with Crippen molar-refractivity contribution in [1.29, 1.82) is 0 Å². The highest BCUT2D eigenvalue weighted by molar-refractivity contribution is 7.91. The van der Waals surface area contributed by atoms with Crippen molar-refractivity contribution in [3.63, 3.8) is 0 Å². The summed E-state index contributed by atoms with van der Waals surface area (Å²) in [6.07, 6.45) is 0.968. The van der Waals surface area contributed by atoms with Crippen LogP contribution in [0.2, 0.25) is 4.34 Å². The van der Waals surface area contributed by atoms with E-state index in [9.17, 15) is 18.0 Å². The molecule has 0 aliphatic carbocycles. The maximum Gasteiger partial charge on any atom is 0.413 e. The zero-order chi connectivity index (χ0) is 22.9. The number of thiophene rings is 1. The predicted molar refractivity (Wildman–Crippen MR) is 124 cm³/mol. The van der Waals surface area contributed by atoms with Crippen molar-refractivity contribution in [2.75, 3.05) is 37.0 Å². The third-order valence-corrected chi connectivity index (χ3v) is 8.64. The molecule has 1 saturated heterocycles. The van der Waals surface area contributed by atoms with Crippen LogP contribution in [0.1, 0.15) is 27.2 Å². The molecule has 3 heterocycles. The predicted octanol–water partition coefficient (Wildman–Crippen LogP) is 2.93. The fraction of sp³-hybridized carbons (Fsp3) is 0.429. The topological polar surface area (TPSA) is 105 Å². The second kappa shape index (κ2) is 9.01. The number of hydrogen-bond acceptors (Lipinski definition) is 7. The number of nitrogens with one attached hydrogen (secondary N) is 2. The van der Waals surface area contributed by atoms with Gasteiger partial charge in [0.2, 0.25) is 5.72 Å². The average Bonchev–Trinajstić information content (AvgIpc) is 3.21. The first-order chi connectivity index (χ1) is 15.1. The Bertz CT molecular complexity index is 1150. The molecule has 1 fully saturated rings. The summed E-state index contributed by atoms with van der Waals surface area (Å²) >= 11 is 6.95. The molecule has 1 aromatic heterocycles. The molecule has 8 nitrogen and oxygen atoms in total. The number of nitrogens with zero attached hydrogens (tertiary/aromatic N) is 1. The molecule has 4 rings (SSSR count). The molecule has 0 radical (unpaired) electrons. The molecule has 1 aromatic carbocycles. The van der Waals surface area contributed by atoms with Crippen LogP contribution in [0.4, 0.5) is 10.5 Å². The van der Waals surface area contributed by atoms with Gasteiger partial charge < -0.3 is 15.0 Å². The smallest absolute Gasteiger partial charge is 0.413 e. The number of amides is 2. The van der Waals surface area contributed by atoms with Gasteiger partial charge in [-0.1, -0.05) is 17.7 Å². The molecule has 2 N–H and O–H groups in total. The molecule has 32 heavy (non-hydrogen) atoms. The lowest BCUT2D eigenvalue weighted by Gasteiger charge is -2.28. The summed E-state index contributed by atoms with van der Waals surface area (Å²) in [6, 6.07) is 8.81. The van der Waals surface area contributed by atoms with Crippen molar-refractivity contribution >= 4 is 50.5 Å². The summed E-state index contributed by atoms with van der Waals surface area (Å²) in [5.74, 6) is -1.20. The quantitative estimate of drug-likeness (QED) is 0.629. The molecule has 1 atom stereocenters. The molecule has 0 saturated carbocycles. The van der Waals surface area contributed by atoms with Gasteiger partial charge in [0, 0.05) is 25.2 Å². The largest absolute Gasteiger partial charge is 0.421 e. The number of fused-ring (bicyclic) bond motifs is 1. The number of likely N-dealkylation sites (N-methyl/N-ethyl adjacent to an activating group) is 1. The minimum atomic E-state index is -3.46. The number of halogens is 1. The highest BCUT2D eigenvalue weighted by atomic mass is 35.5. The lowest BCUT2D eigenvalue weighted by Crippen LogP contribution is -2.53. The van der Waals surface area contributed by atoms with Gasteiger partial charge in [-0.3, -0.25) is 10.1 Å². The van der Waals surface area contributed by atoms with Crippen LogP contribution in [0.5, 0.6) is 0 Å². The van der Waals surface area contributed by atoms with Crippen molar-refractivity contribution in [1.82, 2.24) is 10.2 Å². The van der Waals surface area contributed by atoms with Crippen molar-refractivity contribution < 1.29 is 22.7 Å². The summed E-state index contributed by atoms with van der Waals surface area (Å²) < 4.78 is 30.2. The van der Waals surface area contributed by atoms with E-state index >= 15 is 0 Å². The first-order valence-electron chi connectivity index (χ1n) is 10.2. The van der Waals surface area contributed by atoms with E-state index in [2.05, 4.69) is 22.6 Å². The molecule has 1 unspecified atom stereocenters. The number of anilines is 1. The lowest BCUT2D eigenvalue weighted by molar-refractivity contribution is 0.0138. The van der Waals surface area contributed by atoms with Crippen LogP contribution in [0.15, 0.2) is 30.3 Å². The first-order valence-corrected chi connectivity index (χ1v) is 13.2. The number of benzene rings is 1. The van der Waals surface area contributed by atoms with Gasteiger partial charge >= 0.3 is 6.09 Å². The zero-order valence-electron chi connectivity index (χ0n) is 17.5. The average molecular weight is 498 g/mol. The number of carbonyl (C=O) groups excluding carboxylic acids is 2. The fourth-order valence-corrected chi connectivity index (χ4v) is 6.67. The fourth-order valence-electron chi connectivity index (χ4n) is 3.96. The zero-order valence-corrected chi connectivity index (χ0v) is 19.9. The SMILES string of the molecule is CN1CCc2ccc(NC(=O)OC3(NC(=O)c4ccc(Cl)s4)CCS(=O)(=O)C3)cc2CC1. The van der Waals surface area contributed by atoms with Gasteiger partial charge in [0.25, 0.3) is 5.91 Å².